The van der Waals surface area contributed by atoms with Crippen LogP contribution in [0.15, 0.2) is 255 Å². The van der Waals surface area contributed by atoms with Crippen LogP contribution in [0, 0.1) is 0 Å². The highest BCUT2D eigenvalue weighted by atomic mass is 15.0. The summed E-state index contributed by atoms with van der Waals surface area (Å²) < 4.78 is 4.77. The molecular weight excluding hydrogens is 881 g/mol. The molecule has 2 heteroatoms. The van der Waals surface area contributed by atoms with Gasteiger partial charge in [-0.05, 0) is 151 Å². The second kappa shape index (κ2) is 17.0. The van der Waals surface area contributed by atoms with Crippen molar-refractivity contribution in [2.24, 2.45) is 0 Å². The first-order valence-corrected chi connectivity index (χ1v) is 25.4. The fourth-order valence-corrected chi connectivity index (χ4v) is 11.7. The predicted octanol–water partition coefficient (Wildman–Crippen LogP) is 19.0. The van der Waals surface area contributed by atoms with Gasteiger partial charge < -0.3 is 9.13 Å². The van der Waals surface area contributed by atoms with E-state index in [1.807, 2.05) is 0 Å². The molecule has 0 N–H and O–H groups in total. The zero-order valence-corrected chi connectivity index (χ0v) is 40.8. The molecule has 2 nitrogen and oxygen atoms in total. The lowest BCUT2D eigenvalue weighted by Gasteiger charge is -2.22. The molecule has 11 aromatic carbocycles. The van der Waals surface area contributed by atoms with Crippen LogP contribution in [0.3, 0.4) is 0 Å². The Balaban J connectivity index is 0.698. The number of benzene rings is 11. The lowest BCUT2D eigenvalue weighted by atomic mass is 9.81. The van der Waals surface area contributed by atoms with E-state index in [0.717, 1.165) is 5.69 Å². The summed E-state index contributed by atoms with van der Waals surface area (Å²) in [6, 6.07) is 93.6. The zero-order valence-electron chi connectivity index (χ0n) is 40.8. The molecule has 0 unspecified atom stereocenters. The van der Waals surface area contributed by atoms with Crippen LogP contribution in [0.1, 0.15) is 36.1 Å². The number of hydrogen-bond donors (Lipinski definition) is 0. The Morgan fingerprint density at radius 2 is 0.616 bits per heavy atom. The van der Waals surface area contributed by atoms with E-state index in [-0.39, 0.29) is 5.41 Å². The summed E-state index contributed by atoms with van der Waals surface area (Å²) in [6.45, 7) is 4.77. The summed E-state index contributed by atoms with van der Waals surface area (Å²) in [5, 5.41) is 5.05. The average molecular weight is 931 g/mol. The molecule has 0 spiro atoms. The van der Waals surface area contributed by atoms with Crippen molar-refractivity contribution in [2.75, 3.05) is 0 Å². The molecule has 0 bridgehead atoms. The molecule has 0 saturated carbocycles. The van der Waals surface area contributed by atoms with Crippen LogP contribution in [-0.4, -0.2) is 9.13 Å². The topological polar surface area (TPSA) is 9.86 Å². The number of nitrogens with zero attached hydrogens (tertiary/aromatic N) is 2. The van der Waals surface area contributed by atoms with E-state index >= 15 is 0 Å². The van der Waals surface area contributed by atoms with Crippen molar-refractivity contribution < 1.29 is 0 Å². The van der Waals surface area contributed by atoms with Crippen LogP contribution in [-0.2, 0) is 5.41 Å². The minimum atomic E-state index is -0.156. The maximum absolute atomic E-state index is 2.44. The molecule has 14 rings (SSSR count). The standard InChI is InChI=1S/C71H50N2/c1-71(2)65-45-55(52-29-25-48(26-30-52)22-21-47-23-27-51(28-24-47)53-35-41-69-63(43-53)61-17-9-11-19-67(61)72(69)57-15-7-4-8-16-57)33-39-59(65)60-40-34-56(46-66(60)71)54-36-42-70-64(44-54)62-18-10-12-20-68(62)73(70)58-37-31-50(32-38-58)49-13-5-3-6-14-49/h3-46H,1-2H3/b22-21+. The Labute approximate surface area is 426 Å². The number of para-hydroxylation sites is 3. The summed E-state index contributed by atoms with van der Waals surface area (Å²) in [5.74, 6) is 0. The van der Waals surface area contributed by atoms with Crippen LogP contribution in [0.5, 0.6) is 0 Å². The second-order valence-corrected chi connectivity index (χ2v) is 20.1. The quantitative estimate of drug-likeness (QED) is 0.134. The third-order valence-electron chi connectivity index (χ3n) is 15.6. The molecule has 344 valence electrons. The first kappa shape index (κ1) is 42.6. The van der Waals surface area contributed by atoms with Crippen molar-refractivity contribution in [2.45, 2.75) is 19.3 Å². The fourth-order valence-electron chi connectivity index (χ4n) is 11.7. The third kappa shape index (κ3) is 7.17. The molecule has 2 aromatic heterocycles. The third-order valence-corrected chi connectivity index (χ3v) is 15.6. The van der Waals surface area contributed by atoms with Crippen LogP contribution in [0.25, 0.3) is 123 Å². The van der Waals surface area contributed by atoms with Gasteiger partial charge in [0.05, 0.1) is 22.1 Å². The van der Waals surface area contributed by atoms with Gasteiger partial charge in [0.2, 0.25) is 0 Å². The van der Waals surface area contributed by atoms with Crippen molar-refractivity contribution in [3.8, 4) is 67.0 Å². The molecule has 1 aliphatic rings. The monoisotopic (exact) mass is 930 g/mol. The van der Waals surface area contributed by atoms with Gasteiger partial charge in [-0.2, -0.15) is 0 Å². The number of aromatic nitrogens is 2. The van der Waals surface area contributed by atoms with Crippen molar-refractivity contribution in [3.63, 3.8) is 0 Å². The SMILES string of the molecule is CC1(C)c2cc(-c3ccc(/C=C/c4ccc(-c5ccc6c(c5)c5ccccc5n6-c5ccccc5)cc4)cc3)ccc2-c2ccc(-c3ccc4c(c3)c3ccccc3n4-c3ccc(-c4ccccc4)cc3)cc21. The molecule has 73 heavy (non-hydrogen) atoms. The molecule has 0 fully saturated rings. The summed E-state index contributed by atoms with van der Waals surface area (Å²) in [5.41, 5.74) is 24.6. The molecule has 0 aliphatic heterocycles. The van der Waals surface area contributed by atoms with E-state index in [0.29, 0.717) is 0 Å². The van der Waals surface area contributed by atoms with Crippen LogP contribution in [0.4, 0.5) is 0 Å². The maximum Gasteiger partial charge on any atom is 0.0541 e. The lowest BCUT2D eigenvalue weighted by Crippen LogP contribution is -2.15. The highest BCUT2D eigenvalue weighted by Gasteiger charge is 2.36. The first-order chi connectivity index (χ1) is 35.9. The number of rotatable bonds is 8. The smallest absolute Gasteiger partial charge is 0.0541 e. The number of fused-ring (bicyclic) bond motifs is 9. The van der Waals surface area contributed by atoms with E-state index in [2.05, 4.69) is 290 Å². The van der Waals surface area contributed by atoms with E-state index in [4.69, 9.17) is 0 Å². The number of hydrogen-bond acceptors (Lipinski definition) is 0. The van der Waals surface area contributed by atoms with Gasteiger partial charge in [0.25, 0.3) is 0 Å². The van der Waals surface area contributed by atoms with Gasteiger partial charge >= 0.3 is 0 Å². The summed E-state index contributed by atoms with van der Waals surface area (Å²) >= 11 is 0. The first-order valence-electron chi connectivity index (χ1n) is 25.4. The largest absolute Gasteiger partial charge is 0.309 e. The Morgan fingerprint density at radius 1 is 0.274 bits per heavy atom. The Bertz CT molecular complexity index is 4280. The van der Waals surface area contributed by atoms with E-state index in [1.165, 1.54) is 127 Å². The van der Waals surface area contributed by atoms with Crippen molar-refractivity contribution in [3.05, 3.63) is 277 Å². The summed E-state index contributed by atoms with van der Waals surface area (Å²) in [4.78, 5) is 0. The summed E-state index contributed by atoms with van der Waals surface area (Å²) in [7, 11) is 0. The molecule has 2 heterocycles. The zero-order chi connectivity index (χ0) is 48.6. The van der Waals surface area contributed by atoms with Crippen LogP contribution >= 0.6 is 0 Å². The van der Waals surface area contributed by atoms with E-state index in [9.17, 15) is 0 Å². The van der Waals surface area contributed by atoms with E-state index < -0.39 is 0 Å². The van der Waals surface area contributed by atoms with Gasteiger partial charge in [-0.1, -0.05) is 208 Å². The molecule has 13 aromatic rings. The molecule has 0 saturated heterocycles. The normalized spacial score (nSPS) is 12.8. The molecule has 1 aliphatic carbocycles. The van der Waals surface area contributed by atoms with Gasteiger partial charge in [-0.15, -0.1) is 0 Å². The molecule has 0 atom stereocenters. The van der Waals surface area contributed by atoms with Gasteiger partial charge in [0.15, 0.2) is 0 Å². The van der Waals surface area contributed by atoms with Crippen molar-refractivity contribution in [1.82, 2.24) is 9.13 Å². The van der Waals surface area contributed by atoms with Crippen LogP contribution in [0.2, 0.25) is 0 Å². The van der Waals surface area contributed by atoms with Crippen LogP contribution < -0.4 is 0 Å². The maximum atomic E-state index is 2.44. The Hall–Kier alpha value is -9.24. The Kier molecular flexibility index (Phi) is 9.91. The Morgan fingerprint density at radius 3 is 1.14 bits per heavy atom. The van der Waals surface area contributed by atoms with Gasteiger partial charge in [0.1, 0.15) is 0 Å². The highest BCUT2D eigenvalue weighted by Crippen LogP contribution is 2.51. The van der Waals surface area contributed by atoms with Crippen molar-refractivity contribution >= 4 is 55.8 Å². The fraction of sp³-hybridized carbons (Fsp3) is 0.0423. The molecular formula is C71H50N2. The minimum Gasteiger partial charge on any atom is -0.309 e. The molecule has 0 radical (unpaired) electrons. The predicted molar refractivity (Wildman–Crippen MR) is 310 cm³/mol. The highest BCUT2D eigenvalue weighted by molar-refractivity contribution is 6.11. The van der Waals surface area contributed by atoms with Gasteiger partial charge in [-0.25, -0.2) is 0 Å². The van der Waals surface area contributed by atoms with Crippen molar-refractivity contribution in [1.29, 1.82) is 0 Å². The van der Waals surface area contributed by atoms with E-state index in [1.54, 1.807) is 0 Å². The van der Waals surface area contributed by atoms with Gasteiger partial charge in [-0.3, -0.25) is 0 Å². The molecule has 0 amide bonds. The second-order valence-electron chi connectivity index (χ2n) is 20.1. The summed E-state index contributed by atoms with van der Waals surface area (Å²) in [6.07, 6.45) is 4.42. The minimum absolute atomic E-state index is 0.156. The average Bonchev–Trinajstić information content (AvgIpc) is 4.05. The lowest BCUT2D eigenvalue weighted by molar-refractivity contribution is 0.661. The van der Waals surface area contributed by atoms with Gasteiger partial charge in [0, 0.05) is 38.3 Å².